The summed E-state index contributed by atoms with van der Waals surface area (Å²) in [4.78, 5) is 12.9. The highest BCUT2D eigenvalue weighted by Gasteiger charge is 2.26. The molecule has 1 saturated heterocycles. The van der Waals surface area contributed by atoms with Gasteiger partial charge in [0.25, 0.3) is 0 Å². The molecule has 2 rings (SSSR count). The zero-order chi connectivity index (χ0) is 12.1. The first-order chi connectivity index (χ1) is 8.25. The van der Waals surface area contributed by atoms with Crippen molar-refractivity contribution >= 4 is 5.97 Å². The van der Waals surface area contributed by atoms with E-state index >= 15 is 0 Å². The van der Waals surface area contributed by atoms with Crippen molar-refractivity contribution in [2.75, 3.05) is 19.6 Å². The van der Waals surface area contributed by atoms with Gasteiger partial charge in [0, 0.05) is 12.1 Å². The van der Waals surface area contributed by atoms with Crippen LogP contribution in [0.15, 0.2) is 30.3 Å². The van der Waals surface area contributed by atoms with E-state index in [4.69, 9.17) is 5.11 Å². The molecule has 0 saturated carbocycles. The molecule has 17 heavy (non-hydrogen) atoms. The number of carboxylic acid groups (broad SMARTS) is 1. The van der Waals surface area contributed by atoms with Crippen molar-refractivity contribution in [3.05, 3.63) is 35.9 Å². The van der Waals surface area contributed by atoms with Gasteiger partial charge >= 0.3 is 5.97 Å². The molecule has 1 aliphatic heterocycles. The third-order valence-electron chi connectivity index (χ3n) is 2.93. The van der Waals surface area contributed by atoms with Gasteiger partial charge in [-0.1, -0.05) is 30.0 Å². The van der Waals surface area contributed by atoms with E-state index in [1.807, 2.05) is 30.3 Å². The van der Waals surface area contributed by atoms with Crippen LogP contribution in [-0.2, 0) is 4.79 Å². The summed E-state index contributed by atoms with van der Waals surface area (Å²) in [6.07, 6.45) is 0.738. The van der Waals surface area contributed by atoms with Gasteiger partial charge in [0.1, 0.15) is 0 Å². The number of rotatable bonds is 2. The molecule has 1 N–H and O–H groups in total. The summed E-state index contributed by atoms with van der Waals surface area (Å²) in [5.41, 5.74) is 1.00. The zero-order valence-electron chi connectivity index (χ0n) is 9.60. The van der Waals surface area contributed by atoms with Crippen molar-refractivity contribution in [1.29, 1.82) is 0 Å². The SMILES string of the molecule is O=C(O)C1CCN(CC#Cc2ccccc2)C1. The molecule has 0 aliphatic carbocycles. The summed E-state index contributed by atoms with van der Waals surface area (Å²) < 4.78 is 0. The number of hydrogen-bond acceptors (Lipinski definition) is 2. The molecule has 1 aromatic carbocycles. The van der Waals surface area contributed by atoms with Crippen LogP contribution in [0.3, 0.4) is 0 Å². The van der Waals surface area contributed by atoms with Crippen LogP contribution in [0, 0.1) is 17.8 Å². The van der Waals surface area contributed by atoms with Crippen molar-refractivity contribution in [3.63, 3.8) is 0 Å². The normalized spacial score (nSPS) is 19.6. The van der Waals surface area contributed by atoms with E-state index in [0.29, 0.717) is 13.1 Å². The Morgan fingerprint density at radius 3 is 2.82 bits per heavy atom. The van der Waals surface area contributed by atoms with Crippen LogP contribution in [0.4, 0.5) is 0 Å². The fourth-order valence-electron chi connectivity index (χ4n) is 1.95. The Morgan fingerprint density at radius 1 is 1.41 bits per heavy atom. The second-order valence-corrected chi connectivity index (χ2v) is 4.23. The minimum absolute atomic E-state index is 0.214. The molecule has 0 amide bonds. The molecule has 0 aromatic heterocycles. The predicted octanol–water partition coefficient (Wildman–Crippen LogP) is 1.44. The van der Waals surface area contributed by atoms with Gasteiger partial charge in [-0.25, -0.2) is 0 Å². The third kappa shape index (κ3) is 3.33. The molecule has 0 bridgehead atoms. The molecule has 3 nitrogen and oxygen atoms in total. The first-order valence-electron chi connectivity index (χ1n) is 5.75. The van der Waals surface area contributed by atoms with E-state index < -0.39 is 5.97 Å². The molecule has 3 heteroatoms. The molecule has 1 atom stereocenters. The lowest BCUT2D eigenvalue weighted by atomic mass is 10.1. The number of carbonyl (C=O) groups is 1. The topological polar surface area (TPSA) is 40.5 Å². The lowest BCUT2D eigenvalue weighted by Crippen LogP contribution is -2.23. The lowest BCUT2D eigenvalue weighted by Gasteiger charge is -2.09. The first-order valence-corrected chi connectivity index (χ1v) is 5.75. The monoisotopic (exact) mass is 229 g/mol. The molecular formula is C14H15NO2. The number of hydrogen-bond donors (Lipinski definition) is 1. The number of carboxylic acids is 1. The van der Waals surface area contributed by atoms with Gasteiger partial charge in [-0.15, -0.1) is 0 Å². The van der Waals surface area contributed by atoms with Crippen molar-refractivity contribution in [2.45, 2.75) is 6.42 Å². The minimum atomic E-state index is -0.691. The lowest BCUT2D eigenvalue weighted by molar-refractivity contribution is -0.141. The van der Waals surface area contributed by atoms with Crippen LogP contribution < -0.4 is 0 Å². The van der Waals surface area contributed by atoms with E-state index in [0.717, 1.165) is 18.5 Å². The molecule has 1 aromatic rings. The summed E-state index contributed by atoms with van der Waals surface area (Å²) in [5.74, 6) is 5.26. The van der Waals surface area contributed by atoms with Crippen LogP contribution in [0.2, 0.25) is 0 Å². The van der Waals surface area contributed by atoms with E-state index in [2.05, 4.69) is 16.7 Å². The smallest absolute Gasteiger partial charge is 0.307 e. The number of likely N-dealkylation sites (tertiary alicyclic amines) is 1. The average molecular weight is 229 g/mol. The van der Waals surface area contributed by atoms with Gasteiger partial charge < -0.3 is 5.11 Å². The van der Waals surface area contributed by atoms with Gasteiger partial charge in [-0.05, 0) is 25.1 Å². The summed E-state index contributed by atoms with van der Waals surface area (Å²) >= 11 is 0. The molecule has 0 radical (unpaired) electrons. The van der Waals surface area contributed by atoms with E-state index in [1.54, 1.807) is 0 Å². The summed E-state index contributed by atoms with van der Waals surface area (Å²) in [7, 11) is 0. The highest BCUT2D eigenvalue weighted by atomic mass is 16.4. The zero-order valence-corrected chi connectivity index (χ0v) is 9.60. The number of nitrogens with zero attached hydrogens (tertiary/aromatic N) is 1. The predicted molar refractivity (Wildman–Crippen MR) is 65.5 cm³/mol. The fraction of sp³-hybridized carbons (Fsp3) is 0.357. The maximum Gasteiger partial charge on any atom is 0.307 e. The number of benzene rings is 1. The maximum absolute atomic E-state index is 10.8. The molecule has 1 fully saturated rings. The molecule has 1 unspecified atom stereocenters. The Kier molecular flexibility index (Phi) is 3.79. The first kappa shape index (κ1) is 11.7. The molecule has 1 aliphatic rings. The van der Waals surface area contributed by atoms with Crippen LogP contribution >= 0.6 is 0 Å². The molecule has 1 heterocycles. The van der Waals surface area contributed by atoms with Gasteiger partial charge in [0.05, 0.1) is 12.5 Å². The summed E-state index contributed by atoms with van der Waals surface area (Å²) in [5, 5.41) is 8.87. The Labute approximate surface area is 101 Å². The Morgan fingerprint density at radius 2 is 2.18 bits per heavy atom. The van der Waals surface area contributed by atoms with Crippen molar-refractivity contribution in [1.82, 2.24) is 4.90 Å². The number of aliphatic carboxylic acids is 1. The van der Waals surface area contributed by atoms with Crippen LogP contribution in [0.25, 0.3) is 0 Å². The van der Waals surface area contributed by atoms with E-state index in [-0.39, 0.29) is 5.92 Å². The van der Waals surface area contributed by atoms with E-state index in [1.165, 1.54) is 0 Å². The Balaban J connectivity index is 1.84. The summed E-state index contributed by atoms with van der Waals surface area (Å²) in [6.45, 7) is 2.11. The quantitative estimate of drug-likeness (QED) is 0.780. The van der Waals surface area contributed by atoms with Gasteiger partial charge in [0.15, 0.2) is 0 Å². The fourth-order valence-corrected chi connectivity index (χ4v) is 1.95. The van der Waals surface area contributed by atoms with Crippen LogP contribution in [0.1, 0.15) is 12.0 Å². The Hall–Kier alpha value is -1.79. The molecule has 0 spiro atoms. The third-order valence-corrected chi connectivity index (χ3v) is 2.93. The second kappa shape index (κ2) is 5.51. The van der Waals surface area contributed by atoms with E-state index in [9.17, 15) is 4.79 Å². The largest absolute Gasteiger partial charge is 0.481 e. The Bertz CT molecular complexity index is 444. The molecular weight excluding hydrogens is 214 g/mol. The standard InChI is InChI=1S/C14H15NO2/c16-14(17)13-8-10-15(11-13)9-4-7-12-5-2-1-3-6-12/h1-3,5-6,13H,8-11H2,(H,16,17). The van der Waals surface area contributed by atoms with Crippen molar-refractivity contribution in [2.24, 2.45) is 5.92 Å². The van der Waals surface area contributed by atoms with Crippen LogP contribution in [-0.4, -0.2) is 35.6 Å². The van der Waals surface area contributed by atoms with Gasteiger partial charge in [-0.3, -0.25) is 9.69 Å². The average Bonchev–Trinajstić information content (AvgIpc) is 2.79. The minimum Gasteiger partial charge on any atom is -0.481 e. The van der Waals surface area contributed by atoms with Crippen molar-refractivity contribution < 1.29 is 9.90 Å². The van der Waals surface area contributed by atoms with Crippen molar-refractivity contribution in [3.8, 4) is 11.8 Å². The highest BCUT2D eigenvalue weighted by Crippen LogP contribution is 2.15. The van der Waals surface area contributed by atoms with Crippen LogP contribution in [0.5, 0.6) is 0 Å². The van der Waals surface area contributed by atoms with Gasteiger partial charge in [0.2, 0.25) is 0 Å². The molecule has 88 valence electrons. The summed E-state index contributed by atoms with van der Waals surface area (Å²) in [6, 6.07) is 9.82. The maximum atomic E-state index is 10.8. The second-order valence-electron chi connectivity index (χ2n) is 4.23. The highest BCUT2D eigenvalue weighted by molar-refractivity contribution is 5.70. The van der Waals surface area contributed by atoms with Gasteiger partial charge in [-0.2, -0.15) is 0 Å².